The highest BCUT2D eigenvalue weighted by Gasteiger charge is 2.30. The molecule has 0 nitrogen and oxygen atoms in total. The lowest BCUT2D eigenvalue weighted by atomic mass is 10.1. The molecule has 0 fully saturated rings. The maximum atomic E-state index is 12.5. The molecule has 0 aliphatic carbocycles. The molecular weight excluding hydrogens is 373 g/mol. The Morgan fingerprint density at radius 2 is 1.85 bits per heavy atom. The molecule has 0 radical (unpaired) electrons. The van der Waals surface area contributed by atoms with Gasteiger partial charge in [0.2, 0.25) is 0 Å². The fraction of sp³-hybridized carbons (Fsp3) is 0.286. The van der Waals surface area contributed by atoms with Crippen LogP contribution in [0.15, 0.2) is 34.1 Å². The summed E-state index contributed by atoms with van der Waals surface area (Å²) in [6.07, 6.45) is -3.79. The highest BCUT2D eigenvalue weighted by atomic mass is 79.9. The van der Waals surface area contributed by atoms with Gasteiger partial charge in [-0.2, -0.15) is 13.2 Å². The number of alkyl halides is 4. The molecule has 1 unspecified atom stereocenters. The van der Waals surface area contributed by atoms with E-state index in [9.17, 15) is 13.2 Å². The van der Waals surface area contributed by atoms with Crippen molar-refractivity contribution in [2.45, 2.75) is 24.9 Å². The van der Waals surface area contributed by atoms with Crippen LogP contribution in [0.3, 0.4) is 0 Å². The van der Waals surface area contributed by atoms with E-state index in [4.69, 9.17) is 11.6 Å². The standard InChI is InChI=1S/C14H11BrClF3S/c1-8-6-12(20-13(8)15)11(16)7-9-2-4-10(5-3-9)14(17,18)19/h2-6,11H,7H2,1H3. The average Bonchev–Trinajstić information content (AvgIpc) is 2.69. The van der Waals surface area contributed by atoms with Crippen molar-refractivity contribution in [3.8, 4) is 0 Å². The topological polar surface area (TPSA) is 0 Å². The van der Waals surface area contributed by atoms with Gasteiger partial charge in [-0.15, -0.1) is 22.9 Å². The van der Waals surface area contributed by atoms with E-state index in [1.165, 1.54) is 12.1 Å². The predicted octanol–water partition coefficient (Wildman–Crippen LogP) is 6.36. The van der Waals surface area contributed by atoms with Crippen LogP contribution in [0.1, 0.15) is 26.9 Å². The van der Waals surface area contributed by atoms with Crippen molar-refractivity contribution in [2.24, 2.45) is 0 Å². The molecule has 1 heterocycles. The first kappa shape index (κ1) is 15.9. The normalized spacial score (nSPS) is 13.5. The molecule has 0 saturated carbocycles. The predicted molar refractivity (Wildman–Crippen MR) is 80.5 cm³/mol. The fourth-order valence-electron chi connectivity index (χ4n) is 1.78. The molecule has 2 rings (SSSR count). The Labute approximate surface area is 132 Å². The molecule has 6 heteroatoms. The van der Waals surface area contributed by atoms with Crippen molar-refractivity contribution < 1.29 is 13.2 Å². The van der Waals surface area contributed by atoms with Crippen molar-refractivity contribution in [3.63, 3.8) is 0 Å². The summed E-state index contributed by atoms with van der Waals surface area (Å²) in [5.41, 5.74) is 1.27. The van der Waals surface area contributed by atoms with Crippen molar-refractivity contribution in [2.75, 3.05) is 0 Å². The number of rotatable bonds is 3. The minimum absolute atomic E-state index is 0.235. The third-order valence-electron chi connectivity index (χ3n) is 2.88. The van der Waals surface area contributed by atoms with Crippen LogP contribution in [0.25, 0.3) is 0 Å². The SMILES string of the molecule is Cc1cc(C(Cl)Cc2ccc(C(F)(F)F)cc2)sc1Br. The summed E-state index contributed by atoms with van der Waals surface area (Å²) in [4.78, 5) is 1.01. The Kier molecular flexibility index (Phi) is 4.82. The first-order valence-electron chi connectivity index (χ1n) is 5.83. The molecule has 1 aromatic carbocycles. The van der Waals surface area contributed by atoms with E-state index < -0.39 is 11.7 Å². The summed E-state index contributed by atoms with van der Waals surface area (Å²) in [5.74, 6) is 0. The Morgan fingerprint density at radius 3 is 2.30 bits per heavy atom. The zero-order chi connectivity index (χ0) is 14.9. The summed E-state index contributed by atoms with van der Waals surface area (Å²) in [5, 5.41) is -0.235. The minimum Gasteiger partial charge on any atom is -0.166 e. The molecule has 0 saturated heterocycles. The highest BCUT2D eigenvalue weighted by Crippen LogP contribution is 2.36. The van der Waals surface area contributed by atoms with Crippen molar-refractivity contribution in [1.29, 1.82) is 0 Å². The van der Waals surface area contributed by atoms with Gasteiger partial charge in [-0.05, 0) is 58.6 Å². The largest absolute Gasteiger partial charge is 0.416 e. The van der Waals surface area contributed by atoms with Gasteiger partial charge in [0, 0.05) is 4.88 Å². The van der Waals surface area contributed by atoms with Gasteiger partial charge in [0.05, 0.1) is 14.7 Å². The summed E-state index contributed by atoms with van der Waals surface area (Å²) < 4.78 is 38.4. The number of aryl methyl sites for hydroxylation is 1. The van der Waals surface area contributed by atoms with Crippen molar-refractivity contribution in [1.82, 2.24) is 0 Å². The van der Waals surface area contributed by atoms with E-state index in [0.29, 0.717) is 6.42 Å². The number of hydrogen-bond acceptors (Lipinski definition) is 1. The van der Waals surface area contributed by atoms with Crippen LogP contribution in [0, 0.1) is 6.92 Å². The van der Waals surface area contributed by atoms with Crippen LogP contribution in [0.2, 0.25) is 0 Å². The molecule has 2 aromatic rings. The van der Waals surface area contributed by atoms with E-state index in [2.05, 4.69) is 15.9 Å². The molecule has 1 aromatic heterocycles. The zero-order valence-electron chi connectivity index (χ0n) is 10.5. The Bertz CT molecular complexity index is 570. The molecule has 0 N–H and O–H groups in total. The molecular formula is C14H11BrClF3S. The fourth-order valence-corrected chi connectivity index (χ4v) is 3.70. The second-order valence-electron chi connectivity index (χ2n) is 4.47. The minimum atomic E-state index is -4.30. The molecule has 20 heavy (non-hydrogen) atoms. The first-order chi connectivity index (χ1) is 9.27. The van der Waals surface area contributed by atoms with Gasteiger partial charge >= 0.3 is 6.18 Å². The quantitative estimate of drug-likeness (QED) is 0.541. The van der Waals surface area contributed by atoms with Crippen molar-refractivity contribution >= 4 is 38.9 Å². The molecule has 0 aliphatic rings. The smallest absolute Gasteiger partial charge is 0.166 e. The first-order valence-corrected chi connectivity index (χ1v) is 7.88. The second kappa shape index (κ2) is 6.08. The third-order valence-corrected chi connectivity index (χ3v) is 5.65. The molecule has 0 spiro atoms. The van der Waals surface area contributed by atoms with Crippen LogP contribution in [-0.4, -0.2) is 0 Å². The van der Waals surface area contributed by atoms with Gasteiger partial charge in [0.1, 0.15) is 0 Å². The highest BCUT2D eigenvalue weighted by molar-refractivity contribution is 9.11. The second-order valence-corrected chi connectivity index (χ2v) is 7.40. The van der Waals surface area contributed by atoms with Crippen molar-refractivity contribution in [3.05, 3.63) is 55.7 Å². The van der Waals surface area contributed by atoms with Gasteiger partial charge in [-0.1, -0.05) is 12.1 Å². The number of hydrogen-bond donors (Lipinski definition) is 0. The van der Waals surface area contributed by atoms with Gasteiger partial charge < -0.3 is 0 Å². The molecule has 108 valence electrons. The number of thiophene rings is 1. The van der Waals surface area contributed by atoms with Crippen LogP contribution >= 0.6 is 38.9 Å². The third kappa shape index (κ3) is 3.77. The summed E-state index contributed by atoms with van der Waals surface area (Å²) in [6, 6.07) is 7.14. The summed E-state index contributed by atoms with van der Waals surface area (Å²) in [7, 11) is 0. The van der Waals surface area contributed by atoms with E-state index in [1.54, 1.807) is 11.3 Å². The van der Waals surface area contributed by atoms with Crippen LogP contribution in [0.5, 0.6) is 0 Å². The van der Waals surface area contributed by atoms with Gasteiger partial charge in [0.15, 0.2) is 0 Å². The van der Waals surface area contributed by atoms with E-state index >= 15 is 0 Å². The summed E-state index contributed by atoms with van der Waals surface area (Å²) in [6.45, 7) is 1.98. The molecule has 1 atom stereocenters. The van der Waals surface area contributed by atoms with Crippen LogP contribution in [-0.2, 0) is 12.6 Å². The summed E-state index contributed by atoms with van der Waals surface area (Å²) >= 11 is 11.3. The maximum absolute atomic E-state index is 12.5. The van der Waals surface area contributed by atoms with Gasteiger partial charge in [-0.25, -0.2) is 0 Å². The molecule has 0 bridgehead atoms. The zero-order valence-corrected chi connectivity index (χ0v) is 13.6. The lowest BCUT2D eigenvalue weighted by Crippen LogP contribution is -2.04. The Hall–Kier alpha value is -0.520. The van der Waals surface area contributed by atoms with E-state index in [1.807, 2.05) is 13.0 Å². The lowest BCUT2D eigenvalue weighted by Gasteiger charge is -2.10. The lowest BCUT2D eigenvalue weighted by molar-refractivity contribution is -0.137. The molecule has 0 amide bonds. The van der Waals surface area contributed by atoms with E-state index in [0.717, 1.165) is 31.9 Å². The number of benzene rings is 1. The Morgan fingerprint density at radius 1 is 1.25 bits per heavy atom. The molecule has 0 aliphatic heterocycles. The monoisotopic (exact) mass is 382 g/mol. The van der Waals surface area contributed by atoms with Gasteiger partial charge in [-0.3, -0.25) is 0 Å². The van der Waals surface area contributed by atoms with E-state index in [-0.39, 0.29) is 5.38 Å². The number of halogens is 5. The van der Waals surface area contributed by atoms with Crippen LogP contribution < -0.4 is 0 Å². The maximum Gasteiger partial charge on any atom is 0.416 e. The van der Waals surface area contributed by atoms with Crippen LogP contribution in [0.4, 0.5) is 13.2 Å². The Balaban J connectivity index is 2.10. The van der Waals surface area contributed by atoms with Gasteiger partial charge in [0.25, 0.3) is 0 Å². The average molecular weight is 384 g/mol.